The first-order valence-corrected chi connectivity index (χ1v) is 13.3. The molecule has 0 aliphatic rings. The van der Waals surface area contributed by atoms with Crippen LogP contribution in [0.1, 0.15) is 38.3 Å². The molecule has 2 amide bonds. The molecule has 0 saturated carbocycles. The first-order valence-electron chi connectivity index (χ1n) is 11.4. The van der Waals surface area contributed by atoms with E-state index in [1.165, 1.54) is 4.90 Å². The maximum atomic E-state index is 13.6. The molecule has 0 aliphatic heterocycles. The van der Waals surface area contributed by atoms with E-state index in [9.17, 15) is 18.0 Å². The van der Waals surface area contributed by atoms with Crippen LogP contribution in [0.5, 0.6) is 5.75 Å². The molecule has 2 aromatic carbocycles. The van der Waals surface area contributed by atoms with Gasteiger partial charge in [-0.15, -0.1) is 0 Å². The second-order valence-corrected chi connectivity index (χ2v) is 9.99. The maximum absolute atomic E-state index is 13.6. The molecule has 0 radical (unpaired) electrons. The Balaban J connectivity index is 2.43. The highest BCUT2D eigenvalue weighted by Gasteiger charge is 2.31. The molecule has 0 spiro atoms. The van der Waals surface area contributed by atoms with Crippen molar-refractivity contribution in [2.45, 2.75) is 46.7 Å². The number of anilines is 1. The highest BCUT2D eigenvalue weighted by molar-refractivity contribution is 7.92. The fraction of sp³-hybridized carbons (Fsp3) is 0.440. The lowest BCUT2D eigenvalue weighted by molar-refractivity contribution is -0.139. The molecule has 0 bridgehead atoms. The van der Waals surface area contributed by atoms with E-state index in [4.69, 9.17) is 4.74 Å². The van der Waals surface area contributed by atoms with Gasteiger partial charge in [-0.2, -0.15) is 0 Å². The first kappa shape index (κ1) is 27.2. The van der Waals surface area contributed by atoms with E-state index < -0.39 is 28.5 Å². The molecule has 1 N–H and O–H groups in total. The Morgan fingerprint density at radius 1 is 1.06 bits per heavy atom. The van der Waals surface area contributed by atoms with Crippen molar-refractivity contribution in [3.05, 3.63) is 59.7 Å². The van der Waals surface area contributed by atoms with Gasteiger partial charge in [-0.3, -0.25) is 13.9 Å². The number of nitrogens with one attached hydrogen (secondary N) is 1. The van der Waals surface area contributed by atoms with Crippen LogP contribution in [-0.4, -0.2) is 57.1 Å². The fourth-order valence-corrected chi connectivity index (χ4v) is 4.34. The normalized spacial score (nSPS) is 12.0. The predicted molar refractivity (Wildman–Crippen MR) is 134 cm³/mol. The molecule has 8 nitrogen and oxygen atoms in total. The van der Waals surface area contributed by atoms with Crippen LogP contribution in [0.3, 0.4) is 0 Å². The van der Waals surface area contributed by atoms with Gasteiger partial charge in [0, 0.05) is 13.1 Å². The highest BCUT2D eigenvalue weighted by Crippen LogP contribution is 2.30. The van der Waals surface area contributed by atoms with Gasteiger partial charge < -0.3 is 15.0 Å². The maximum Gasteiger partial charge on any atom is 0.244 e. The Morgan fingerprint density at radius 2 is 1.71 bits per heavy atom. The number of hydrogen-bond acceptors (Lipinski definition) is 5. The number of para-hydroxylation sites is 2. The second kappa shape index (κ2) is 12.4. The molecule has 0 aromatic heterocycles. The smallest absolute Gasteiger partial charge is 0.244 e. The van der Waals surface area contributed by atoms with E-state index in [2.05, 4.69) is 5.32 Å². The van der Waals surface area contributed by atoms with Gasteiger partial charge in [0.1, 0.15) is 18.3 Å². The van der Waals surface area contributed by atoms with Crippen LogP contribution < -0.4 is 14.4 Å². The summed E-state index contributed by atoms with van der Waals surface area (Å²) < 4.78 is 32.1. The van der Waals surface area contributed by atoms with Gasteiger partial charge >= 0.3 is 0 Å². The minimum absolute atomic E-state index is 0.178. The number of amides is 2. The van der Waals surface area contributed by atoms with E-state index in [0.717, 1.165) is 28.1 Å². The number of carbonyl (C=O) groups excluding carboxylic acids is 2. The molecular formula is C25H35N3O5S. The number of hydrogen-bond donors (Lipinski definition) is 1. The van der Waals surface area contributed by atoms with Gasteiger partial charge in [-0.1, -0.05) is 43.3 Å². The monoisotopic (exact) mass is 489 g/mol. The van der Waals surface area contributed by atoms with E-state index in [-0.39, 0.29) is 18.1 Å². The van der Waals surface area contributed by atoms with Crippen LogP contribution in [0.2, 0.25) is 0 Å². The van der Waals surface area contributed by atoms with E-state index in [1.807, 2.05) is 38.1 Å². The van der Waals surface area contributed by atoms with Gasteiger partial charge in [0.2, 0.25) is 21.8 Å². The van der Waals surface area contributed by atoms with Gasteiger partial charge in [-0.05, 0) is 50.5 Å². The van der Waals surface area contributed by atoms with Gasteiger partial charge in [0.15, 0.2) is 0 Å². The standard InChI is InChI=1S/C25H35N3O5S/c1-6-16-26-25(30)20(4)27(17-21-13-9-8-12-19(21)3)24(29)18-28(34(5,31)32)22-14-10-11-15-23(22)33-7-2/h8-15,20H,6-7,16-18H2,1-5H3,(H,26,30). The van der Waals surface area contributed by atoms with E-state index >= 15 is 0 Å². The number of benzene rings is 2. The second-order valence-electron chi connectivity index (χ2n) is 8.09. The lowest BCUT2D eigenvalue weighted by atomic mass is 10.1. The number of rotatable bonds is 12. The Kier molecular flexibility index (Phi) is 9.92. The van der Waals surface area contributed by atoms with Crippen molar-refractivity contribution < 1.29 is 22.7 Å². The zero-order chi connectivity index (χ0) is 25.3. The number of aryl methyl sites for hydroxylation is 1. The third kappa shape index (κ3) is 7.21. The summed E-state index contributed by atoms with van der Waals surface area (Å²) in [5.74, 6) is -0.411. The molecular weight excluding hydrogens is 454 g/mol. The number of nitrogens with zero attached hydrogens (tertiary/aromatic N) is 2. The van der Waals surface area contributed by atoms with Crippen LogP contribution in [0.4, 0.5) is 5.69 Å². The average molecular weight is 490 g/mol. The Hall–Kier alpha value is -3.07. The van der Waals surface area contributed by atoms with Crippen molar-refractivity contribution in [2.75, 3.05) is 30.3 Å². The lowest BCUT2D eigenvalue weighted by Gasteiger charge is -2.32. The molecule has 186 valence electrons. The van der Waals surface area contributed by atoms with Crippen molar-refractivity contribution in [2.24, 2.45) is 0 Å². The summed E-state index contributed by atoms with van der Waals surface area (Å²) in [7, 11) is -3.82. The Morgan fingerprint density at radius 3 is 2.32 bits per heavy atom. The third-order valence-electron chi connectivity index (χ3n) is 5.43. The minimum Gasteiger partial charge on any atom is -0.492 e. The van der Waals surface area contributed by atoms with Crippen molar-refractivity contribution in [3.8, 4) is 5.75 Å². The fourth-order valence-electron chi connectivity index (χ4n) is 3.49. The predicted octanol–water partition coefficient (Wildman–Crippen LogP) is 3.10. The van der Waals surface area contributed by atoms with Crippen molar-refractivity contribution in [1.82, 2.24) is 10.2 Å². The average Bonchev–Trinajstić information content (AvgIpc) is 2.80. The Bertz CT molecular complexity index is 1090. The highest BCUT2D eigenvalue weighted by atomic mass is 32.2. The van der Waals surface area contributed by atoms with E-state index in [1.54, 1.807) is 38.1 Å². The summed E-state index contributed by atoms with van der Waals surface area (Å²) in [5, 5.41) is 2.82. The van der Waals surface area contributed by atoms with Gasteiger partial charge in [0.25, 0.3) is 0 Å². The van der Waals surface area contributed by atoms with Crippen LogP contribution in [0.25, 0.3) is 0 Å². The summed E-state index contributed by atoms with van der Waals surface area (Å²) in [6, 6.07) is 13.5. The summed E-state index contributed by atoms with van der Waals surface area (Å²) in [6.07, 6.45) is 1.81. The van der Waals surface area contributed by atoms with Crippen LogP contribution in [0, 0.1) is 6.92 Å². The first-order chi connectivity index (χ1) is 16.1. The molecule has 2 rings (SSSR count). The zero-order valence-corrected chi connectivity index (χ0v) is 21.4. The van der Waals surface area contributed by atoms with Crippen molar-refractivity contribution >= 4 is 27.5 Å². The molecule has 2 aromatic rings. The molecule has 0 saturated heterocycles. The zero-order valence-electron chi connectivity index (χ0n) is 20.6. The Labute approximate surface area is 202 Å². The summed E-state index contributed by atoms with van der Waals surface area (Å²) in [6.45, 7) is 7.88. The largest absolute Gasteiger partial charge is 0.492 e. The van der Waals surface area contributed by atoms with Crippen LogP contribution in [-0.2, 0) is 26.2 Å². The van der Waals surface area contributed by atoms with Crippen molar-refractivity contribution in [1.29, 1.82) is 0 Å². The van der Waals surface area contributed by atoms with Crippen LogP contribution >= 0.6 is 0 Å². The van der Waals surface area contributed by atoms with E-state index in [0.29, 0.717) is 18.9 Å². The molecule has 1 unspecified atom stereocenters. The molecule has 9 heteroatoms. The summed E-state index contributed by atoms with van der Waals surface area (Å²) >= 11 is 0. The van der Waals surface area contributed by atoms with Gasteiger partial charge in [0.05, 0.1) is 18.6 Å². The number of ether oxygens (including phenoxy) is 1. The quantitative estimate of drug-likeness (QED) is 0.494. The summed E-state index contributed by atoms with van der Waals surface area (Å²) in [5.41, 5.74) is 2.13. The molecule has 1 atom stereocenters. The van der Waals surface area contributed by atoms with Crippen LogP contribution in [0.15, 0.2) is 48.5 Å². The van der Waals surface area contributed by atoms with Crippen molar-refractivity contribution in [3.63, 3.8) is 0 Å². The third-order valence-corrected chi connectivity index (χ3v) is 6.56. The topological polar surface area (TPSA) is 96.0 Å². The molecule has 0 aliphatic carbocycles. The number of carbonyl (C=O) groups is 2. The number of sulfonamides is 1. The molecule has 34 heavy (non-hydrogen) atoms. The SMILES string of the molecule is CCCNC(=O)C(C)N(Cc1ccccc1C)C(=O)CN(c1ccccc1OCC)S(C)(=O)=O. The minimum atomic E-state index is -3.82. The van der Waals surface area contributed by atoms with Gasteiger partial charge in [-0.25, -0.2) is 8.42 Å². The molecule has 0 heterocycles. The molecule has 0 fully saturated rings. The summed E-state index contributed by atoms with van der Waals surface area (Å²) in [4.78, 5) is 27.8. The lowest BCUT2D eigenvalue weighted by Crippen LogP contribution is -2.51.